The molecule has 0 heterocycles. The van der Waals surface area contributed by atoms with E-state index in [9.17, 15) is 8.42 Å². The van der Waals surface area contributed by atoms with Crippen LogP contribution in [0.2, 0.25) is 0 Å². The Morgan fingerprint density at radius 3 is 2.25 bits per heavy atom. The summed E-state index contributed by atoms with van der Waals surface area (Å²) >= 11 is 0. The Labute approximate surface area is 116 Å². The Balaban J connectivity index is 0.00000128. The predicted molar refractivity (Wildman–Crippen MR) is 66.3 cm³/mol. The van der Waals surface area contributed by atoms with Crippen LogP contribution in [0.4, 0.5) is 5.69 Å². The zero-order chi connectivity index (χ0) is 10.9. The van der Waals surface area contributed by atoms with Crippen LogP contribution in [0.3, 0.4) is 0 Å². The first-order valence-corrected chi connectivity index (χ1v) is 5.73. The summed E-state index contributed by atoms with van der Waals surface area (Å²) in [6.07, 6.45) is 0. The van der Waals surface area contributed by atoms with E-state index in [0.29, 0.717) is 5.69 Å². The van der Waals surface area contributed by atoms with Crippen LogP contribution in [0, 0.1) is 0 Å². The number of hydrogen-bond donors (Lipinski definition) is 2. The molecule has 0 saturated carbocycles. The first-order valence-electron chi connectivity index (χ1n) is 4.29. The van der Waals surface area contributed by atoms with Gasteiger partial charge >= 0.3 is 39.9 Å². The standard InChI is InChI=1S/C10H9NO3S.Na.H/c12-15(13,14)11-10-6-5-8-3-1-2-4-9(8)7-10;;/h1-7,11H,(H,12,13,14);;. The van der Waals surface area contributed by atoms with Crippen molar-refractivity contribution >= 4 is 56.3 Å². The Morgan fingerprint density at radius 2 is 1.62 bits per heavy atom. The number of fused-ring (bicyclic) bond motifs is 1. The monoisotopic (exact) mass is 247 g/mol. The van der Waals surface area contributed by atoms with Gasteiger partial charge in [0.1, 0.15) is 0 Å². The van der Waals surface area contributed by atoms with Crippen LogP contribution in [0.1, 0.15) is 0 Å². The molecule has 0 atom stereocenters. The summed E-state index contributed by atoms with van der Waals surface area (Å²) in [5, 5.41) is 1.92. The maximum atomic E-state index is 10.6. The third-order valence-corrected chi connectivity index (χ3v) is 2.49. The van der Waals surface area contributed by atoms with Gasteiger partial charge in [0.25, 0.3) is 0 Å². The molecule has 0 spiro atoms. The average Bonchev–Trinajstić information content (AvgIpc) is 2.15. The van der Waals surface area contributed by atoms with Crippen LogP contribution in [-0.2, 0) is 10.3 Å². The van der Waals surface area contributed by atoms with Gasteiger partial charge in [-0.15, -0.1) is 0 Å². The van der Waals surface area contributed by atoms with Gasteiger partial charge in [-0.05, 0) is 22.9 Å². The summed E-state index contributed by atoms with van der Waals surface area (Å²) in [7, 11) is -4.20. The zero-order valence-electron chi connectivity index (χ0n) is 7.71. The minimum atomic E-state index is -4.20. The van der Waals surface area contributed by atoms with Crippen LogP contribution >= 0.6 is 0 Å². The Bertz CT molecular complexity index is 598. The Hall–Kier alpha value is -0.590. The number of nitrogens with one attached hydrogen (secondary N) is 1. The molecule has 2 aromatic carbocycles. The van der Waals surface area contributed by atoms with Crippen molar-refractivity contribution in [2.24, 2.45) is 0 Å². The van der Waals surface area contributed by atoms with Crippen LogP contribution in [0.15, 0.2) is 42.5 Å². The van der Waals surface area contributed by atoms with Crippen molar-refractivity contribution in [2.75, 3.05) is 4.72 Å². The number of rotatable bonds is 2. The second-order valence-corrected chi connectivity index (χ2v) is 4.29. The van der Waals surface area contributed by atoms with Crippen molar-refractivity contribution in [1.82, 2.24) is 0 Å². The number of benzene rings is 2. The normalized spacial score (nSPS) is 10.8. The molecule has 4 nitrogen and oxygen atoms in total. The van der Waals surface area contributed by atoms with E-state index in [2.05, 4.69) is 0 Å². The van der Waals surface area contributed by atoms with E-state index in [1.54, 1.807) is 18.2 Å². The summed E-state index contributed by atoms with van der Waals surface area (Å²) in [6, 6.07) is 12.6. The predicted octanol–water partition coefficient (Wildman–Crippen LogP) is 1.41. The Kier molecular flexibility index (Phi) is 4.35. The van der Waals surface area contributed by atoms with Crippen LogP contribution in [0.5, 0.6) is 0 Å². The van der Waals surface area contributed by atoms with Crippen molar-refractivity contribution < 1.29 is 13.0 Å². The van der Waals surface area contributed by atoms with Crippen molar-refractivity contribution in [3.05, 3.63) is 42.5 Å². The fourth-order valence-electron chi connectivity index (χ4n) is 1.40. The van der Waals surface area contributed by atoms with Crippen molar-refractivity contribution in [3.63, 3.8) is 0 Å². The molecule has 6 heteroatoms. The quantitative estimate of drug-likeness (QED) is 0.622. The van der Waals surface area contributed by atoms with Gasteiger partial charge in [-0.3, -0.25) is 9.27 Å². The van der Waals surface area contributed by atoms with Gasteiger partial charge < -0.3 is 0 Å². The van der Waals surface area contributed by atoms with Crippen molar-refractivity contribution in [2.45, 2.75) is 0 Å². The molecular formula is C10H10NNaO3S. The van der Waals surface area contributed by atoms with E-state index in [-0.39, 0.29) is 29.6 Å². The van der Waals surface area contributed by atoms with Gasteiger partial charge in [-0.1, -0.05) is 30.3 Å². The van der Waals surface area contributed by atoms with Crippen LogP contribution in [0.25, 0.3) is 10.8 Å². The molecule has 2 rings (SSSR count). The fourth-order valence-corrected chi connectivity index (χ4v) is 1.83. The molecule has 0 saturated heterocycles. The summed E-state index contributed by atoms with van der Waals surface area (Å²) in [5.41, 5.74) is 0.344. The molecule has 16 heavy (non-hydrogen) atoms. The summed E-state index contributed by atoms with van der Waals surface area (Å²) < 4.78 is 31.8. The SMILES string of the molecule is O=S(=O)(O)Nc1ccc2ccccc2c1.[NaH]. The van der Waals surface area contributed by atoms with Gasteiger partial charge in [0.05, 0.1) is 5.69 Å². The summed E-state index contributed by atoms with van der Waals surface area (Å²) in [4.78, 5) is 0. The third-order valence-electron chi connectivity index (χ3n) is 2.00. The maximum absolute atomic E-state index is 10.6. The van der Waals surface area contributed by atoms with Gasteiger partial charge in [-0.2, -0.15) is 8.42 Å². The number of hydrogen-bond acceptors (Lipinski definition) is 2. The zero-order valence-corrected chi connectivity index (χ0v) is 8.53. The van der Waals surface area contributed by atoms with E-state index in [4.69, 9.17) is 4.55 Å². The van der Waals surface area contributed by atoms with E-state index < -0.39 is 10.3 Å². The molecule has 2 N–H and O–H groups in total. The van der Waals surface area contributed by atoms with E-state index in [1.165, 1.54) is 0 Å². The van der Waals surface area contributed by atoms with Crippen LogP contribution < -0.4 is 4.72 Å². The van der Waals surface area contributed by atoms with Crippen LogP contribution in [-0.4, -0.2) is 42.5 Å². The second-order valence-electron chi connectivity index (χ2n) is 3.14. The molecule has 2 aromatic rings. The summed E-state index contributed by atoms with van der Waals surface area (Å²) in [5.74, 6) is 0. The third kappa shape index (κ3) is 3.47. The van der Waals surface area contributed by atoms with Gasteiger partial charge in [-0.25, -0.2) is 0 Å². The molecule has 0 unspecified atom stereocenters. The van der Waals surface area contributed by atoms with E-state index in [0.717, 1.165) is 10.8 Å². The van der Waals surface area contributed by atoms with Gasteiger partial charge in [0.15, 0.2) is 0 Å². The molecule has 0 aliphatic rings. The molecule has 0 aliphatic heterocycles. The van der Waals surface area contributed by atoms with Gasteiger partial charge in [0.2, 0.25) is 0 Å². The molecular weight excluding hydrogens is 237 g/mol. The van der Waals surface area contributed by atoms with E-state index in [1.807, 2.05) is 29.0 Å². The average molecular weight is 247 g/mol. The fraction of sp³-hybridized carbons (Fsp3) is 0. The van der Waals surface area contributed by atoms with E-state index >= 15 is 0 Å². The summed E-state index contributed by atoms with van der Waals surface area (Å²) in [6.45, 7) is 0. The van der Waals surface area contributed by atoms with Gasteiger partial charge in [0, 0.05) is 0 Å². The molecule has 0 amide bonds. The second kappa shape index (κ2) is 5.16. The van der Waals surface area contributed by atoms with Crippen molar-refractivity contribution in [3.8, 4) is 0 Å². The molecule has 0 aliphatic carbocycles. The van der Waals surface area contributed by atoms with Crippen molar-refractivity contribution in [1.29, 1.82) is 0 Å². The first kappa shape index (κ1) is 13.5. The molecule has 0 aromatic heterocycles. The number of anilines is 1. The first-order chi connectivity index (χ1) is 7.04. The Morgan fingerprint density at radius 1 is 1.00 bits per heavy atom. The molecule has 0 bridgehead atoms. The molecule has 80 valence electrons. The minimum absolute atomic E-state index is 0. The topological polar surface area (TPSA) is 66.4 Å². The molecule has 0 radical (unpaired) electrons. The molecule has 0 fully saturated rings.